The first kappa shape index (κ1) is 14.4. The molecule has 0 saturated carbocycles. The molecule has 1 unspecified atom stereocenters. The van der Waals surface area contributed by atoms with E-state index in [1.807, 2.05) is 0 Å². The summed E-state index contributed by atoms with van der Waals surface area (Å²) in [6.45, 7) is 8.62. The maximum Gasteiger partial charge on any atom is 0.0621 e. The van der Waals surface area contributed by atoms with Gasteiger partial charge in [-0.2, -0.15) is 5.26 Å². The van der Waals surface area contributed by atoms with Gasteiger partial charge in [0.2, 0.25) is 0 Å². The van der Waals surface area contributed by atoms with Gasteiger partial charge < -0.3 is 10.4 Å². The minimum atomic E-state index is 0.189. The van der Waals surface area contributed by atoms with Crippen LogP contribution in [-0.4, -0.2) is 24.8 Å². The van der Waals surface area contributed by atoms with Crippen LogP contribution in [0.5, 0.6) is 0 Å². The summed E-state index contributed by atoms with van der Waals surface area (Å²) in [7, 11) is 0. The number of rotatable bonds is 8. The second kappa shape index (κ2) is 7.67. The fourth-order valence-corrected chi connectivity index (χ4v) is 1.46. The van der Waals surface area contributed by atoms with Crippen LogP contribution in [0.15, 0.2) is 0 Å². The van der Waals surface area contributed by atoms with Gasteiger partial charge in [-0.1, -0.05) is 20.8 Å². The van der Waals surface area contributed by atoms with Gasteiger partial charge in [-0.3, -0.25) is 0 Å². The zero-order chi connectivity index (χ0) is 11.7. The molecule has 0 radical (unpaired) electrons. The molecule has 0 aromatic heterocycles. The van der Waals surface area contributed by atoms with Crippen molar-refractivity contribution in [3.05, 3.63) is 0 Å². The average Bonchev–Trinajstić information content (AvgIpc) is 2.15. The Morgan fingerprint density at radius 3 is 2.67 bits per heavy atom. The van der Waals surface area contributed by atoms with E-state index in [1.54, 1.807) is 0 Å². The Morgan fingerprint density at radius 1 is 1.47 bits per heavy atom. The molecule has 1 atom stereocenters. The Hall–Kier alpha value is -0.590. The molecule has 0 saturated heterocycles. The van der Waals surface area contributed by atoms with Crippen molar-refractivity contribution in [3.63, 3.8) is 0 Å². The van der Waals surface area contributed by atoms with Gasteiger partial charge in [0.05, 0.1) is 6.07 Å². The summed E-state index contributed by atoms with van der Waals surface area (Å²) >= 11 is 0. The Kier molecular flexibility index (Phi) is 7.37. The molecule has 0 heterocycles. The number of hydrogen-bond acceptors (Lipinski definition) is 3. The van der Waals surface area contributed by atoms with Crippen LogP contribution < -0.4 is 5.32 Å². The van der Waals surface area contributed by atoms with E-state index in [-0.39, 0.29) is 12.0 Å². The maximum atomic E-state index is 8.75. The van der Waals surface area contributed by atoms with Crippen molar-refractivity contribution < 1.29 is 5.11 Å². The van der Waals surface area contributed by atoms with E-state index < -0.39 is 0 Å². The van der Waals surface area contributed by atoms with Crippen LogP contribution in [0.1, 0.15) is 40.0 Å². The quantitative estimate of drug-likeness (QED) is 0.646. The highest BCUT2D eigenvalue weighted by molar-refractivity contribution is 4.78. The summed E-state index contributed by atoms with van der Waals surface area (Å²) in [5.74, 6) is 0.516. The fraction of sp³-hybridized carbons (Fsp3) is 0.917. The average molecular weight is 212 g/mol. The number of nitrogens with zero attached hydrogens (tertiary/aromatic N) is 1. The molecule has 0 aliphatic rings. The van der Waals surface area contributed by atoms with E-state index >= 15 is 0 Å². The molecule has 0 aliphatic heterocycles. The van der Waals surface area contributed by atoms with Gasteiger partial charge in [-0.15, -0.1) is 0 Å². The Balaban J connectivity index is 3.61. The first-order chi connectivity index (χ1) is 7.02. The van der Waals surface area contributed by atoms with Gasteiger partial charge in [0.1, 0.15) is 0 Å². The lowest BCUT2D eigenvalue weighted by atomic mass is 9.88. The largest absolute Gasteiger partial charge is 0.396 e. The SMILES string of the molecule is CC(CCO)CNCC(C)(C)CCC#N. The number of nitriles is 1. The second-order valence-corrected chi connectivity index (χ2v) is 5.07. The first-order valence-corrected chi connectivity index (χ1v) is 5.70. The van der Waals surface area contributed by atoms with Crippen LogP contribution in [0.25, 0.3) is 0 Å². The molecule has 15 heavy (non-hydrogen) atoms. The van der Waals surface area contributed by atoms with Crippen molar-refractivity contribution in [2.45, 2.75) is 40.0 Å². The van der Waals surface area contributed by atoms with Gasteiger partial charge in [-0.25, -0.2) is 0 Å². The highest BCUT2D eigenvalue weighted by atomic mass is 16.3. The molecule has 3 nitrogen and oxygen atoms in total. The molecule has 0 aromatic carbocycles. The molecule has 0 amide bonds. The van der Waals surface area contributed by atoms with Crippen LogP contribution >= 0.6 is 0 Å². The maximum absolute atomic E-state index is 8.75. The minimum absolute atomic E-state index is 0.189. The van der Waals surface area contributed by atoms with Crippen molar-refractivity contribution in [3.8, 4) is 6.07 Å². The molecule has 88 valence electrons. The van der Waals surface area contributed by atoms with Crippen molar-refractivity contribution >= 4 is 0 Å². The van der Waals surface area contributed by atoms with Crippen molar-refractivity contribution in [2.75, 3.05) is 19.7 Å². The standard InChI is InChI=1S/C12H24N2O/c1-11(5-8-15)9-14-10-12(2,3)6-4-7-13/h11,14-15H,4-6,8-10H2,1-3H3. The van der Waals surface area contributed by atoms with Crippen LogP contribution in [0.4, 0.5) is 0 Å². The minimum Gasteiger partial charge on any atom is -0.396 e. The Labute approximate surface area is 93.5 Å². The lowest BCUT2D eigenvalue weighted by molar-refractivity contribution is 0.252. The number of hydrogen-bond donors (Lipinski definition) is 2. The van der Waals surface area contributed by atoms with E-state index in [1.165, 1.54) is 0 Å². The van der Waals surface area contributed by atoms with E-state index in [0.29, 0.717) is 12.3 Å². The lowest BCUT2D eigenvalue weighted by Crippen LogP contribution is -2.32. The smallest absolute Gasteiger partial charge is 0.0621 e. The summed E-state index contributed by atoms with van der Waals surface area (Å²) in [5.41, 5.74) is 0.189. The van der Waals surface area contributed by atoms with Crippen LogP contribution in [0, 0.1) is 22.7 Å². The summed E-state index contributed by atoms with van der Waals surface area (Å²) in [6, 6.07) is 2.18. The Bertz CT molecular complexity index is 196. The van der Waals surface area contributed by atoms with E-state index in [0.717, 1.165) is 25.9 Å². The van der Waals surface area contributed by atoms with Gasteiger partial charge in [-0.05, 0) is 30.7 Å². The molecule has 0 aromatic rings. The van der Waals surface area contributed by atoms with Crippen molar-refractivity contribution in [2.24, 2.45) is 11.3 Å². The molecule has 0 aliphatic carbocycles. The van der Waals surface area contributed by atoms with Crippen LogP contribution in [0.2, 0.25) is 0 Å². The molecule has 0 spiro atoms. The van der Waals surface area contributed by atoms with Gasteiger partial charge in [0.15, 0.2) is 0 Å². The zero-order valence-corrected chi connectivity index (χ0v) is 10.2. The zero-order valence-electron chi connectivity index (χ0n) is 10.2. The third kappa shape index (κ3) is 8.41. The topological polar surface area (TPSA) is 56.0 Å². The van der Waals surface area contributed by atoms with E-state index in [9.17, 15) is 0 Å². The fourth-order valence-electron chi connectivity index (χ4n) is 1.46. The normalized spacial score (nSPS) is 13.5. The monoisotopic (exact) mass is 212 g/mol. The third-order valence-electron chi connectivity index (χ3n) is 2.63. The van der Waals surface area contributed by atoms with E-state index in [4.69, 9.17) is 10.4 Å². The third-order valence-corrected chi connectivity index (χ3v) is 2.63. The van der Waals surface area contributed by atoms with Crippen LogP contribution in [0.3, 0.4) is 0 Å². The van der Waals surface area contributed by atoms with Crippen molar-refractivity contribution in [1.82, 2.24) is 5.32 Å². The number of aliphatic hydroxyl groups is 1. The second-order valence-electron chi connectivity index (χ2n) is 5.07. The highest BCUT2D eigenvalue weighted by Crippen LogP contribution is 2.20. The molecule has 3 heteroatoms. The summed E-state index contributed by atoms with van der Waals surface area (Å²) in [6.07, 6.45) is 2.41. The van der Waals surface area contributed by atoms with E-state index in [2.05, 4.69) is 32.2 Å². The van der Waals surface area contributed by atoms with Gasteiger partial charge in [0.25, 0.3) is 0 Å². The lowest BCUT2D eigenvalue weighted by Gasteiger charge is -2.24. The first-order valence-electron chi connectivity index (χ1n) is 5.70. The highest BCUT2D eigenvalue weighted by Gasteiger charge is 2.16. The van der Waals surface area contributed by atoms with Crippen molar-refractivity contribution in [1.29, 1.82) is 5.26 Å². The molecule has 0 fully saturated rings. The number of aliphatic hydroxyl groups excluding tert-OH is 1. The summed E-state index contributed by atoms with van der Waals surface area (Å²) in [5, 5.41) is 20.7. The molecule has 0 bridgehead atoms. The molecule has 2 N–H and O–H groups in total. The molecule has 0 rings (SSSR count). The molecular formula is C12H24N2O. The van der Waals surface area contributed by atoms with Gasteiger partial charge >= 0.3 is 0 Å². The number of nitrogens with one attached hydrogen (secondary N) is 1. The van der Waals surface area contributed by atoms with Crippen LogP contribution in [-0.2, 0) is 0 Å². The Morgan fingerprint density at radius 2 is 2.13 bits per heavy atom. The predicted octanol–water partition coefficient (Wildman–Crippen LogP) is 1.92. The van der Waals surface area contributed by atoms with Gasteiger partial charge in [0, 0.05) is 19.6 Å². The summed E-state index contributed by atoms with van der Waals surface area (Å²) in [4.78, 5) is 0. The predicted molar refractivity (Wildman–Crippen MR) is 62.4 cm³/mol. The summed E-state index contributed by atoms with van der Waals surface area (Å²) < 4.78 is 0. The molecular weight excluding hydrogens is 188 g/mol.